The molecule has 5 heteroatoms. The first-order valence-electron chi connectivity index (χ1n) is 8.00. The van der Waals surface area contributed by atoms with Gasteiger partial charge in [0, 0.05) is 6.42 Å². The molecule has 0 saturated heterocycles. The second-order valence-electron chi connectivity index (χ2n) is 7.25. The van der Waals surface area contributed by atoms with Gasteiger partial charge in [-0.25, -0.2) is 4.79 Å². The molecule has 0 heterocycles. The zero-order valence-electron chi connectivity index (χ0n) is 14.6. The molecule has 0 amide bonds. The smallest absolute Gasteiger partial charge is 0.430 e. The summed E-state index contributed by atoms with van der Waals surface area (Å²) in [5.74, 6) is 0.662. The van der Waals surface area contributed by atoms with E-state index in [1.165, 1.54) is 6.08 Å². The normalized spacial score (nSPS) is 19.9. The fourth-order valence-electron chi connectivity index (χ4n) is 2.02. The summed E-state index contributed by atoms with van der Waals surface area (Å²) in [7, 11) is -1.83. The molecule has 126 valence electrons. The Morgan fingerprint density at radius 1 is 1.41 bits per heavy atom. The van der Waals surface area contributed by atoms with Crippen LogP contribution in [0.1, 0.15) is 46.5 Å². The van der Waals surface area contributed by atoms with E-state index in [0.29, 0.717) is 5.76 Å². The van der Waals surface area contributed by atoms with Gasteiger partial charge in [-0.2, -0.15) is 0 Å². The second kappa shape index (κ2) is 7.97. The van der Waals surface area contributed by atoms with Crippen LogP contribution in [0.5, 0.6) is 0 Å². The summed E-state index contributed by atoms with van der Waals surface area (Å²) in [6.07, 6.45) is 6.63. The van der Waals surface area contributed by atoms with Crippen LogP contribution in [0.3, 0.4) is 0 Å². The van der Waals surface area contributed by atoms with Crippen molar-refractivity contribution in [1.29, 1.82) is 0 Å². The maximum absolute atomic E-state index is 11.6. The average Bonchev–Trinajstić information content (AvgIpc) is 2.59. The summed E-state index contributed by atoms with van der Waals surface area (Å²) in [6.45, 7) is 14.8. The monoisotopic (exact) mass is 326 g/mol. The lowest BCUT2D eigenvalue weighted by Crippen LogP contribution is -2.43. The third kappa shape index (κ3) is 5.97. The van der Waals surface area contributed by atoms with E-state index >= 15 is 0 Å². The number of carbonyl (C=O) groups is 1. The predicted molar refractivity (Wildman–Crippen MR) is 91.3 cm³/mol. The Kier molecular flexibility index (Phi) is 6.87. The number of allylic oxidation sites excluding steroid dienone is 1. The number of hydrogen-bond donors (Lipinski definition) is 0. The van der Waals surface area contributed by atoms with Gasteiger partial charge in [0.15, 0.2) is 8.32 Å². The lowest BCUT2D eigenvalue weighted by molar-refractivity contribution is 0.0833. The van der Waals surface area contributed by atoms with Crippen LogP contribution in [0.2, 0.25) is 18.1 Å². The Morgan fingerprint density at radius 3 is 2.68 bits per heavy atom. The van der Waals surface area contributed by atoms with Gasteiger partial charge in [-0.1, -0.05) is 39.8 Å². The van der Waals surface area contributed by atoms with Gasteiger partial charge in [-0.3, -0.25) is 0 Å². The highest BCUT2D eigenvalue weighted by Crippen LogP contribution is 2.38. The third-order valence-electron chi connectivity index (χ3n) is 4.32. The molecule has 0 aromatic carbocycles. The summed E-state index contributed by atoms with van der Waals surface area (Å²) < 4.78 is 16.6. The molecule has 1 atom stereocenters. The minimum absolute atomic E-state index is 0.0191. The van der Waals surface area contributed by atoms with Gasteiger partial charge in [0.1, 0.15) is 12.4 Å². The maximum atomic E-state index is 11.6. The van der Waals surface area contributed by atoms with Crippen molar-refractivity contribution in [2.24, 2.45) is 0 Å². The lowest BCUT2D eigenvalue weighted by Gasteiger charge is -2.38. The summed E-state index contributed by atoms with van der Waals surface area (Å²) in [4.78, 5) is 11.6. The minimum atomic E-state index is -1.83. The Hall–Kier alpha value is -1.07. The van der Waals surface area contributed by atoms with Gasteiger partial charge >= 0.3 is 6.16 Å². The molecule has 4 nitrogen and oxygen atoms in total. The van der Waals surface area contributed by atoms with E-state index in [1.807, 2.05) is 6.08 Å². The number of hydrogen-bond acceptors (Lipinski definition) is 4. The van der Waals surface area contributed by atoms with Crippen LogP contribution in [0.15, 0.2) is 24.5 Å². The van der Waals surface area contributed by atoms with Crippen LogP contribution in [-0.4, -0.2) is 27.2 Å². The van der Waals surface area contributed by atoms with E-state index < -0.39 is 14.5 Å². The summed E-state index contributed by atoms with van der Waals surface area (Å²) in [5.41, 5.74) is 0. The summed E-state index contributed by atoms with van der Waals surface area (Å²) in [6, 6.07) is 0. The molecule has 0 bridgehead atoms. The van der Waals surface area contributed by atoms with Gasteiger partial charge < -0.3 is 13.9 Å². The average molecular weight is 327 g/mol. The van der Waals surface area contributed by atoms with E-state index in [4.69, 9.17) is 13.9 Å². The predicted octanol–water partition coefficient (Wildman–Crippen LogP) is 5.17. The summed E-state index contributed by atoms with van der Waals surface area (Å²) >= 11 is 0. The third-order valence-corrected chi connectivity index (χ3v) is 8.82. The number of carbonyl (C=O) groups excluding carboxylic acids is 1. The molecule has 22 heavy (non-hydrogen) atoms. The first-order valence-corrected chi connectivity index (χ1v) is 10.9. The lowest BCUT2D eigenvalue weighted by atomic mass is 10.2. The van der Waals surface area contributed by atoms with Gasteiger partial charge in [0.2, 0.25) is 0 Å². The molecule has 0 unspecified atom stereocenters. The maximum Gasteiger partial charge on any atom is 0.513 e. The fraction of sp³-hybridized carbons (Fsp3) is 0.706. The highest BCUT2D eigenvalue weighted by Gasteiger charge is 2.39. The molecule has 0 radical (unpaired) electrons. The van der Waals surface area contributed by atoms with Crippen molar-refractivity contribution in [2.45, 2.75) is 70.7 Å². The minimum Gasteiger partial charge on any atom is -0.430 e. The molecule has 1 aliphatic carbocycles. The zero-order valence-corrected chi connectivity index (χ0v) is 15.6. The van der Waals surface area contributed by atoms with Gasteiger partial charge in [-0.05, 0) is 37.0 Å². The van der Waals surface area contributed by atoms with Crippen LogP contribution < -0.4 is 0 Å². The molecular formula is C17H30O4Si. The van der Waals surface area contributed by atoms with Gasteiger partial charge in [0.25, 0.3) is 0 Å². The van der Waals surface area contributed by atoms with Crippen LogP contribution in [0.4, 0.5) is 4.79 Å². The van der Waals surface area contributed by atoms with Gasteiger partial charge in [0.05, 0.1) is 6.10 Å². The Balaban J connectivity index is 2.72. The van der Waals surface area contributed by atoms with Crippen LogP contribution in [0, 0.1) is 0 Å². The SMILES string of the molecule is C=CCOC(=O)OC1=C[C@@H](O[Si](C)(C)C(C)(C)C)CCCC1. The van der Waals surface area contributed by atoms with Crippen LogP contribution >= 0.6 is 0 Å². The van der Waals surface area contributed by atoms with E-state index in [0.717, 1.165) is 25.7 Å². The van der Waals surface area contributed by atoms with Crippen molar-refractivity contribution >= 4 is 14.5 Å². The molecule has 0 aromatic rings. The first kappa shape index (κ1) is 19.0. The quantitative estimate of drug-likeness (QED) is 0.397. The second-order valence-corrected chi connectivity index (χ2v) is 12.0. The molecule has 0 aliphatic heterocycles. The van der Waals surface area contributed by atoms with Crippen molar-refractivity contribution in [3.8, 4) is 0 Å². The largest absolute Gasteiger partial charge is 0.513 e. The Morgan fingerprint density at radius 2 is 2.09 bits per heavy atom. The molecular weight excluding hydrogens is 296 g/mol. The Labute approximate surface area is 135 Å². The van der Waals surface area contributed by atoms with E-state index in [2.05, 4.69) is 40.4 Å². The zero-order chi connectivity index (χ0) is 16.8. The molecule has 0 N–H and O–H groups in total. The summed E-state index contributed by atoms with van der Waals surface area (Å²) in [5, 5.41) is 0.164. The molecule has 0 saturated carbocycles. The highest BCUT2D eigenvalue weighted by atomic mass is 28.4. The van der Waals surface area contributed by atoms with Crippen molar-refractivity contribution in [1.82, 2.24) is 0 Å². The fourth-order valence-corrected chi connectivity index (χ4v) is 3.31. The van der Waals surface area contributed by atoms with E-state index in [1.54, 1.807) is 0 Å². The topological polar surface area (TPSA) is 44.8 Å². The molecule has 0 aromatic heterocycles. The van der Waals surface area contributed by atoms with Crippen molar-refractivity contribution in [2.75, 3.05) is 6.61 Å². The van der Waals surface area contributed by atoms with E-state index in [9.17, 15) is 4.79 Å². The van der Waals surface area contributed by atoms with Crippen molar-refractivity contribution in [3.63, 3.8) is 0 Å². The highest BCUT2D eigenvalue weighted by molar-refractivity contribution is 6.74. The van der Waals surface area contributed by atoms with Crippen LogP contribution in [-0.2, 0) is 13.9 Å². The molecule has 1 aliphatic rings. The Bertz CT molecular complexity index is 421. The first-order chi connectivity index (χ1) is 10.2. The van der Waals surface area contributed by atoms with E-state index in [-0.39, 0.29) is 17.7 Å². The number of rotatable bonds is 5. The number of ether oxygens (including phenoxy) is 2. The van der Waals surface area contributed by atoms with Crippen molar-refractivity contribution in [3.05, 3.63) is 24.5 Å². The molecule has 1 rings (SSSR count). The molecule has 0 fully saturated rings. The van der Waals surface area contributed by atoms with Crippen LogP contribution in [0.25, 0.3) is 0 Å². The van der Waals surface area contributed by atoms with Crippen molar-refractivity contribution < 1.29 is 18.7 Å². The van der Waals surface area contributed by atoms with Gasteiger partial charge in [-0.15, -0.1) is 0 Å². The molecule has 0 spiro atoms. The standard InChI is InChI=1S/C17H30O4Si/c1-7-12-19-16(18)20-14-10-8-9-11-15(13-14)21-22(5,6)17(2,3)4/h7,13,15H,1,8-12H2,2-6H3/t15-/m0/s1.